The van der Waals surface area contributed by atoms with E-state index in [1.807, 2.05) is 18.2 Å². The standard InChI is InChI=1S/C29H23F2N5/c1-4-6-18-10-9-17(14-33-18)24-15-32-16-25(34-24)29-12-11-20(28(29,2)3)19-13-23(35-36-27(19)29)26-21(30)7-5-8-22(26)31/h1,5,7-10,13-16,20H,6,11-12H2,2-3H3/t20-,29-/m0/s1. The minimum atomic E-state index is -0.651. The van der Waals surface area contributed by atoms with Crippen LogP contribution in [0, 0.1) is 29.4 Å². The van der Waals surface area contributed by atoms with Crippen LogP contribution >= 0.6 is 0 Å². The van der Waals surface area contributed by atoms with E-state index < -0.39 is 17.0 Å². The second kappa shape index (κ2) is 7.99. The zero-order chi connectivity index (χ0) is 25.1. The summed E-state index contributed by atoms with van der Waals surface area (Å²) in [5, 5.41) is 8.90. The van der Waals surface area contributed by atoms with E-state index in [0.29, 0.717) is 12.1 Å². The lowest BCUT2D eigenvalue weighted by Gasteiger charge is -2.37. The van der Waals surface area contributed by atoms with Gasteiger partial charge in [0.2, 0.25) is 0 Å². The zero-order valence-electron chi connectivity index (χ0n) is 20.0. The van der Waals surface area contributed by atoms with Crippen molar-refractivity contribution in [1.82, 2.24) is 25.1 Å². The molecule has 5 nitrogen and oxygen atoms in total. The number of pyridine rings is 1. The average molecular weight is 480 g/mol. The second-order valence-electron chi connectivity index (χ2n) is 10.1. The number of hydrogen-bond donors (Lipinski definition) is 0. The third-order valence-corrected chi connectivity index (χ3v) is 8.08. The maximum atomic E-state index is 14.5. The average Bonchev–Trinajstić information content (AvgIpc) is 3.26. The van der Waals surface area contributed by atoms with Gasteiger partial charge >= 0.3 is 0 Å². The van der Waals surface area contributed by atoms with E-state index in [1.54, 1.807) is 18.6 Å². The van der Waals surface area contributed by atoms with Crippen LogP contribution in [0.2, 0.25) is 0 Å². The molecule has 36 heavy (non-hydrogen) atoms. The predicted octanol–water partition coefficient (Wildman–Crippen LogP) is 5.65. The highest BCUT2D eigenvalue weighted by Crippen LogP contribution is 2.69. The topological polar surface area (TPSA) is 64.5 Å². The maximum absolute atomic E-state index is 14.5. The Hall–Kier alpha value is -4.05. The zero-order valence-corrected chi connectivity index (χ0v) is 20.0. The molecule has 0 amide bonds. The SMILES string of the molecule is C#CCc1ccc(-c2cncc([C@@]34CC[C@@H](c5cc(-c6c(F)cccc6F)nnc53)C4(C)C)n2)cn1. The van der Waals surface area contributed by atoms with Gasteiger partial charge in [0.1, 0.15) is 11.6 Å². The fraction of sp³-hybridized carbons (Fsp3) is 0.276. The van der Waals surface area contributed by atoms with E-state index in [0.717, 1.165) is 41.1 Å². The third kappa shape index (κ3) is 3.03. The van der Waals surface area contributed by atoms with Gasteiger partial charge < -0.3 is 0 Å². The Morgan fingerprint density at radius 3 is 2.56 bits per heavy atom. The molecule has 2 aliphatic carbocycles. The van der Waals surface area contributed by atoms with Crippen LogP contribution in [-0.2, 0) is 11.8 Å². The van der Waals surface area contributed by atoms with Crippen LogP contribution < -0.4 is 0 Å². The second-order valence-corrected chi connectivity index (χ2v) is 10.1. The van der Waals surface area contributed by atoms with Crippen molar-refractivity contribution >= 4 is 0 Å². The van der Waals surface area contributed by atoms with Crippen molar-refractivity contribution in [3.63, 3.8) is 0 Å². The van der Waals surface area contributed by atoms with E-state index in [9.17, 15) is 8.78 Å². The summed E-state index contributed by atoms with van der Waals surface area (Å²) in [5.74, 6) is 1.46. The van der Waals surface area contributed by atoms with Crippen LogP contribution in [0.5, 0.6) is 0 Å². The van der Waals surface area contributed by atoms with Gasteiger partial charge in [0.15, 0.2) is 0 Å². The molecule has 1 fully saturated rings. The largest absolute Gasteiger partial charge is 0.261 e. The van der Waals surface area contributed by atoms with Gasteiger partial charge in [0.25, 0.3) is 0 Å². The lowest BCUT2D eigenvalue weighted by atomic mass is 9.66. The molecule has 178 valence electrons. The molecule has 0 unspecified atom stereocenters. The Morgan fingerprint density at radius 2 is 1.83 bits per heavy atom. The quantitative estimate of drug-likeness (QED) is 0.354. The fourth-order valence-electron chi connectivity index (χ4n) is 6.25. The normalized spacial score (nSPS) is 21.2. The smallest absolute Gasteiger partial charge is 0.135 e. The Labute approximate surface area is 208 Å². The Balaban J connectivity index is 1.47. The van der Waals surface area contributed by atoms with Crippen LogP contribution in [0.4, 0.5) is 8.78 Å². The molecule has 2 bridgehead atoms. The number of nitrogens with zero attached hydrogens (tertiary/aromatic N) is 5. The summed E-state index contributed by atoms with van der Waals surface area (Å²) >= 11 is 0. The third-order valence-electron chi connectivity index (χ3n) is 8.08. The minimum absolute atomic E-state index is 0.148. The van der Waals surface area contributed by atoms with E-state index in [4.69, 9.17) is 11.4 Å². The summed E-state index contributed by atoms with van der Waals surface area (Å²) in [6.45, 7) is 4.42. The lowest BCUT2D eigenvalue weighted by molar-refractivity contribution is 0.242. The summed E-state index contributed by atoms with van der Waals surface area (Å²) in [6.07, 6.45) is 12.9. The summed E-state index contributed by atoms with van der Waals surface area (Å²) in [6, 6.07) is 9.48. The van der Waals surface area contributed by atoms with E-state index in [2.05, 4.69) is 39.9 Å². The highest BCUT2D eigenvalue weighted by atomic mass is 19.1. The number of hydrogen-bond acceptors (Lipinski definition) is 5. The maximum Gasteiger partial charge on any atom is 0.135 e. The van der Waals surface area contributed by atoms with Crippen molar-refractivity contribution in [2.75, 3.05) is 0 Å². The van der Waals surface area contributed by atoms with E-state index in [-0.39, 0.29) is 22.6 Å². The first kappa shape index (κ1) is 22.4. The molecule has 2 atom stereocenters. The first-order chi connectivity index (χ1) is 17.4. The van der Waals surface area contributed by atoms with Crippen LogP contribution in [0.15, 0.2) is 55.0 Å². The molecule has 1 saturated carbocycles. The van der Waals surface area contributed by atoms with Crippen molar-refractivity contribution in [3.8, 4) is 34.9 Å². The molecular weight excluding hydrogens is 456 g/mol. The summed E-state index contributed by atoms with van der Waals surface area (Å²) < 4.78 is 29.0. The highest BCUT2D eigenvalue weighted by Gasteiger charge is 2.65. The molecule has 0 spiro atoms. The molecule has 7 heteroatoms. The molecule has 0 saturated heterocycles. The van der Waals surface area contributed by atoms with E-state index >= 15 is 0 Å². The first-order valence-corrected chi connectivity index (χ1v) is 11.9. The first-order valence-electron chi connectivity index (χ1n) is 11.9. The molecule has 3 aromatic heterocycles. The highest BCUT2D eigenvalue weighted by molar-refractivity contribution is 5.64. The van der Waals surface area contributed by atoms with Crippen molar-refractivity contribution in [2.24, 2.45) is 5.41 Å². The molecule has 0 aliphatic heterocycles. The van der Waals surface area contributed by atoms with Gasteiger partial charge in [-0.25, -0.2) is 13.8 Å². The van der Waals surface area contributed by atoms with Crippen LogP contribution in [0.3, 0.4) is 0 Å². The molecule has 6 rings (SSSR count). The number of terminal acetylenes is 1. The number of benzene rings is 1. The van der Waals surface area contributed by atoms with Gasteiger partial charge in [-0.15, -0.1) is 17.4 Å². The Morgan fingerprint density at radius 1 is 1.03 bits per heavy atom. The lowest BCUT2D eigenvalue weighted by Crippen LogP contribution is -2.38. The van der Waals surface area contributed by atoms with Gasteiger partial charge in [-0.05, 0) is 60.1 Å². The minimum Gasteiger partial charge on any atom is -0.261 e. The molecule has 2 aliphatic rings. The van der Waals surface area contributed by atoms with Gasteiger partial charge in [0, 0.05) is 18.0 Å². The Bertz CT molecular complexity index is 1520. The van der Waals surface area contributed by atoms with Gasteiger partial charge in [-0.2, -0.15) is 5.10 Å². The van der Waals surface area contributed by atoms with Crippen LogP contribution in [0.1, 0.15) is 55.3 Å². The van der Waals surface area contributed by atoms with Gasteiger partial charge in [-0.3, -0.25) is 9.97 Å². The monoisotopic (exact) mass is 479 g/mol. The molecular formula is C29H23F2N5. The molecule has 0 radical (unpaired) electrons. The number of halogens is 2. The summed E-state index contributed by atoms with van der Waals surface area (Å²) in [4.78, 5) is 14.0. The van der Waals surface area contributed by atoms with Gasteiger partial charge in [0.05, 0.1) is 52.1 Å². The van der Waals surface area contributed by atoms with Crippen LogP contribution in [0.25, 0.3) is 22.5 Å². The molecule has 4 aromatic rings. The molecule has 0 N–H and O–H groups in total. The van der Waals surface area contributed by atoms with Crippen molar-refractivity contribution in [1.29, 1.82) is 0 Å². The van der Waals surface area contributed by atoms with Crippen molar-refractivity contribution in [3.05, 3.63) is 89.3 Å². The molecule has 3 heterocycles. The number of rotatable bonds is 4. The molecule has 1 aromatic carbocycles. The fourth-order valence-corrected chi connectivity index (χ4v) is 6.25. The van der Waals surface area contributed by atoms with Crippen molar-refractivity contribution in [2.45, 2.75) is 44.4 Å². The van der Waals surface area contributed by atoms with Gasteiger partial charge in [-0.1, -0.05) is 19.9 Å². The Kier molecular flexibility index (Phi) is 4.97. The number of aromatic nitrogens is 5. The van der Waals surface area contributed by atoms with Crippen molar-refractivity contribution < 1.29 is 8.78 Å². The summed E-state index contributed by atoms with van der Waals surface area (Å²) in [7, 11) is 0. The van der Waals surface area contributed by atoms with E-state index in [1.165, 1.54) is 18.2 Å². The predicted molar refractivity (Wildman–Crippen MR) is 132 cm³/mol. The summed E-state index contributed by atoms with van der Waals surface area (Å²) in [5.41, 5.74) is 4.32. The van der Waals surface area contributed by atoms with Crippen LogP contribution in [-0.4, -0.2) is 25.1 Å². The number of fused-ring (bicyclic) bond motifs is 5.